The van der Waals surface area contributed by atoms with Crippen molar-refractivity contribution in [1.82, 2.24) is 4.98 Å². The Morgan fingerprint density at radius 1 is 1.25 bits per heavy atom. The number of hydrogen-bond donors (Lipinski definition) is 2. The van der Waals surface area contributed by atoms with Crippen LogP contribution >= 0.6 is 11.8 Å². The lowest BCUT2D eigenvalue weighted by atomic mass is 10.1. The number of carboxylic acids is 1. The third-order valence-corrected chi connectivity index (χ3v) is 4.18. The number of aryl methyl sites for hydroxylation is 1. The Labute approximate surface area is 141 Å². The van der Waals surface area contributed by atoms with Crippen LogP contribution in [-0.2, 0) is 4.79 Å². The molecular formula is C17H14N2O4S. The van der Waals surface area contributed by atoms with Crippen LogP contribution in [0.3, 0.4) is 0 Å². The highest BCUT2D eigenvalue weighted by Gasteiger charge is 2.11. The van der Waals surface area contributed by atoms with Crippen molar-refractivity contribution in [2.75, 3.05) is 11.1 Å². The molecule has 2 N–H and O–H groups in total. The minimum Gasteiger partial charge on any atom is -0.478 e. The van der Waals surface area contributed by atoms with Gasteiger partial charge in [-0.25, -0.2) is 9.78 Å². The van der Waals surface area contributed by atoms with E-state index in [0.29, 0.717) is 22.1 Å². The number of fused-ring (bicyclic) bond motifs is 1. The number of para-hydroxylation sites is 2. The van der Waals surface area contributed by atoms with E-state index in [0.717, 1.165) is 5.52 Å². The van der Waals surface area contributed by atoms with E-state index in [9.17, 15) is 9.59 Å². The number of anilines is 1. The Hall–Kier alpha value is -2.80. The van der Waals surface area contributed by atoms with Crippen LogP contribution in [0.15, 0.2) is 52.1 Å². The molecule has 3 aromatic rings. The summed E-state index contributed by atoms with van der Waals surface area (Å²) in [4.78, 5) is 27.3. The number of aromatic nitrogens is 1. The highest BCUT2D eigenvalue weighted by atomic mass is 32.2. The summed E-state index contributed by atoms with van der Waals surface area (Å²) in [6, 6.07) is 12.0. The fourth-order valence-corrected chi connectivity index (χ4v) is 2.80. The average Bonchev–Trinajstić information content (AvgIpc) is 2.97. The van der Waals surface area contributed by atoms with Gasteiger partial charge in [0.2, 0.25) is 5.91 Å². The molecule has 122 valence electrons. The summed E-state index contributed by atoms with van der Waals surface area (Å²) < 4.78 is 5.54. The Balaban J connectivity index is 1.62. The molecule has 0 aliphatic carbocycles. The Morgan fingerprint density at radius 2 is 2.04 bits per heavy atom. The lowest BCUT2D eigenvalue weighted by Gasteiger charge is -2.08. The van der Waals surface area contributed by atoms with Crippen LogP contribution < -0.4 is 5.32 Å². The normalized spacial score (nSPS) is 10.7. The zero-order chi connectivity index (χ0) is 17.1. The molecular weight excluding hydrogens is 328 g/mol. The van der Waals surface area contributed by atoms with Crippen LogP contribution in [0.2, 0.25) is 0 Å². The molecule has 0 saturated carbocycles. The van der Waals surface area contributed by atoms with Crippen molar-refractivity contribution in [2.24, 2.45) is 0 Å². The minimum absolute atomic E-state index is 0.146. The van der Waals surface area contributed by atoms with Crippen LogP contribution in [-0.4, -0.2) is 27.7 Å². The molecule has 1 heterocycles. The third kappa shape index (κ3) is 3.57. The number of nitrogens with zero attached hydrogens (tertiary/aromatic N) is 1. The monoisotopic (exact) mass is 342 g/mol. The molecule has 0 aliphatic heterocycles. The summed E-state index contributed by atoms with van der Waals surface area (Å²) in [5.41, 5.74) is 2.89. The van der Waals surface area contributed by atoms with E-state index in [4.69, 9.17) is 9.52 Å². The minimum atomic E-state index is -0.998. The van der Waals surface area contributed by atoms with Gasteiger partial charge in [0.25, 0.3) is 5.22 Å². The molecule has 7 heteroatoms. The molecule has 0 atom stereocenters. The number of rotatable bonds is 5. The van der Waals surface area contributed by atoms with Gasteiger partial charge in [0, 0.05) is 5.69 Å². The molecule has 3 rings (SSSR count). The van der Waals surface area contributed by atoms with E-state index in [1.54, 1.807) is 13.0 Å². The third-order valence-electron chi connectivity index (χ3n) is 3.35. The van der Waals surface area contributed by atoms with Gasteiger partial charge in [0.05, 0.1) is 11.3 Å². The number of thioether (sulfide) groups is 1. The first kappa shape index (κ1) is 16.1. The molecule has 0 aliphatic rings. The predicted octanol–water partition coefficient (Wildman–Crippen LogP) is 3.57. The zero-order valence-corrected chi connectivity index (χ0v) is 13.6. The van der Waals surface area contributed by atoms with E-state index in [-0.39, 0.29) is 17.2 Å². The van der Waals surface area contributed by atoms with Crippen LogP contribution in [0.1, 0.15) is 15.9 Å². The van der Waals surface area contributed by atoms with E-state index < -0.39 is 5.97 Å². The fraction of sp³-hybridized carbons (Fsp3) is 0.118. The molecule has 0 radical (unpaired) electrons. The van der Waals surface area contributed by atoms with Gasteiger partial charge in [0.1, 0.15) is 5.52 Å². The van der Waals surface area contributed by atoms with Gasteiger partial charge >= 0.3 is 5.97 Å². The number of nitrogens with one attached hydrogen (secondary N) is 1. The highest BCUT2D eigenvalue weighted by molar-refractivity contribution is 7.99. The second-order valence-corrected chi connectivity index (χ2v) is 6.05. The smallest absolute Gasteiger partial charge is 0.335 e. The quantitative estimate of drug-likeness (QED) is 0.689. The molecule has 1 aromatic heterocycles. The number of aromatic carboxylic acids is 1. The van der Waals surface area contributed by atoms with Gasteiger partial charge in [0.15, 0.2) is 5.58 Å². The van der Waals surface area contributed by atoms with Gasteiger partial charge in [-0.1, -0.05) is 23.9 Å². The maximum Gasteiger partial charge on any atom is 0.335 e. The molecule has 0 bridgehead atoms. The number of benzene rings is 2. The molecule has 0 fully saturated rings. The van der Waals surface area contributed by atoms with E-state index >= 15 is 0 Å². The van der Waals surface area contributed by atoms with E-state index in [1.807, 2.05) is 24.3 Å². The molecule has 0 unspecified atom stereocenters. The summed E-state index contributed by atoms with van der Waals surface area (Å²) in [7, 11) is 0. The predicted molar refractivity (Wildman–Crippen MR) is 91.5 cm³/mol. The fourth-order valence-electron chi connectivity index (χ4n) is 2.16. The number of carbonyl (C=O) groups excluding carboxylic acids is 1. The van der Waals surface area contributed by atoms with E-state index in [2.05, 4.69) is 10.3 Å². The second-order valence-electron chi connectivity index (χ2n) is 5.12. The SMILES string of the molecule is Cc1cc(C(=O)O)ccc1NC(=O)CSc1nc2ccccc2o1. The van der Waals surface area contributed by atoms with Crippen molar-refractivity contribution in [1.29, 1.82) is 0 Å². The summed E-state index contributed by atoms with van der Waals surface area (Å²) in [5.74, 6) is -1.07. The van der Waals surface area contributed by atoms with Crippen molar-refractivity contribution in [3.63, 3.8) is 0 Å². The topological polar surface area (TPSA) is 92.4 Å². The first-order chi connectivity index (χ1) is 11.5. The Kier molecular flexibility index (Phi) is 4.52. The summed E-state index contributed by atoms with van der Waals surface area (Å²) in [5, 5.41) is 12.1. The van der Waals surface area contributed by atoms with Crippen molar-refractivity contribution in [2.45, 2.75) is 12.1 Å². The standard InChI is InChI=1S/C17H14N2O4S/c1-10-8-11(16(21)22)6-7-12(10)18-15(20)9-24-17-19-13-4-2-3-5-14(13)23-17/h2-8H,9H2,1H3,(H,18,20)(H,21,22). The molecule has 6 nitrogen and oxygen atoms in total. The average molecular weight is 342 g/mol. The molecule has 0 spiro atoms. The Bertz CT molecular complexity index is 887. The first-order valence-corrected chi connectivity index (χ1v) is 8.13. The second kappa shape index (κ2) is 6.76. The van der Waals surface area contributed by atoms with Crippen molar-refractivity contribution in [3.8, 4) is 0 Å². The summed E-state index contributed by atoms with van der Waals surface area (Å²) in [6.45, 7) is 1.75. The lowest BCUT2D eigenvalue weighted by Crippen LogP contribution is -2.15. The molecule has 0 saturated heterocycles. The van der Waals surface area contributed by atoms with Gasteiger partial charge in [-0.15, -0.1) is 0 Å². The van der Waals surface area contributed by atoms with Gasteiger partial charge < -0.3 is 14.8 Å². The largest absolute Gasteiger partial charge is 0.478 e. The van der Waals surface area contributed by atoms with E-state index in [1.165, 1.54) is 23.9 Å². The highest BCUT2D eigenvalue weighted by Crippen LogP contribution is 2.23. The maximum atomic E-state index is 12.1. The van der Waals surface area contributed by atoms with Gasteiger partial charge in [-0.2, -0.15) is 0 Å². The van der Waals surface area contributed by atoms with Crippen molar-refractivity contribution < 1.29 is 19.1 Å². The molecule has 2 aromatic carbocycles. The lowest BCUT2D eigenvalue weighted by molar-refractivity contribution is -0.113. The first-order valence-electron chi connectivity index (χ1n) is 7.15. The number of amides is 1. The Morgan fingerprint density at radius 3 is 2.75 bits per heavy atom. The van der Waals surface area contributed by atoms with Crippen LogP contribution in [0.25, 0.3) is 11.1 Å². The van der Waals surface area contributed by atoms with Crippen molar-refractivity contribution in [3.05, 3.63) is 53.6 Å². The number of carboxylic acid groups (broad SMARTS) is 1. The van der Waals surface area contributed by atoms with Gasteiger partial charge in [-0.3, -0.25) is 4.79 Å². The molecule has 1 amide bonds. The van der Waals surface area contributed by atoms with Crippen LogP contribution in [0.5, 0.6) is 0 Å². The van der Waals surface area contributed by atoms with Crippen molar-refractivity contribution >= 4 is 40.4 Å². The molecule has 24 heavy (non-hydrogen) atoms. The number of carbonyl (C=O) groups is 2. The van der Waals surface area contributed by atoms with Gasteiger partial charge in [-0.05, 0) is 42.8 Å². The van der Waals surface area contributed by atoms with Crippen LogP contribution in [0, 0.1) is 6.92 Å². The summed E-state index contributed by atoms with van der Waals surface area (Å²) >= 11 is 1.20. The summed E-state index contributed by atoms with van der Waals surface area (Å²) in [6.07, 6.45) is 0. The van der Waals surface area contributed by atoms with Crippen LogP contribution in [0.4, 0.5) is 5.69 Å². The maximum absolute atomic E-state index is 12.1. The number of oxazole rings is 1. The zero-order valence-electron chi connectivity index (χ0n) is 12.8. The number of hydrogen-bond acceptors (Lipinski definition) is 5.